The third-order valence-electron chi connectivity index (χ3n) is 2.67. The molecule has 1 unspecified atom stereocenters. The SMILES string of the molecule is CCNc1nc(NC(C)CCN(C)C)c(Cl)cc1Cl. The number of nitrogens with zero attached hydrogens (tertiary/aromatic N) is 2. The van der Waals surface area contributed by atoms with Crippen molar-refractivity contribution in [2.24, 2.45) is 0 Å². The molecule has 0 spiro atoms. The Kier molecular flexibility index (Phi) is 6.69. The summed E-state index contributed by atoms with van der Waals surface area (Å²) in [6.45, 7) is 5.89. The van der Waals surface area contributed by atoms with Gasteiger partial charge in [0.05, 0.1) is 10.0 Å². The Balaban J connectivity index is 2.74. The molecule has 0 aliphatic carbocycles. The molecule has 0 saturated carbocycles. The van der Waals surface area contributed by atoms with E-state index in [2.05, 4.69) is 41.5 Å². The van der Waals surface area contributed by atoms with Crippen molar-refractivity contribution in [3.63, 3.8) is 0 Å². The molecule has 6 heteroatoms. The van der Waals surface area contributed by atoms with Crippen LogP contribution in [0.3, 0.4) is 0 Å². The molecule has 108 valence electrons. The third-order valence-corrected chi connectivity index (χ3v) is 3.24. The summed E-state index contributed by atoms with van der Waals surface area (Å²) >= 11 is 12.2. The van der Waals surface area contributed by atoms with Crippen molar-refractivity contribution >= 4 is 34.8 Å². The predicted octanol–water partition coefficient (Wildman–Crippen LogP) is 3.57. The lowest BCUT2D eigenvalue weighted by atomic mass is 10.2. The fourth-order valence-electron chi connectivity index (χ4n) is 1.62. The van der Waals surface area contributed by atoms with Crippen molar-refractivity contribution in [1.29, 1.82) is 0 Å². The van der Waals surface area contributed by atoms with Crippen LogP contribution in [0.2, 0.25) is 10.0 Å². The van der Waals surface area contributed by atoms with Gasteiger partial charge in [0.1, 0.15) is 11.6 Å². The largest absolute Gasteiger partial charge is 0.369 e. The summed E-state index contributed by atoms with van der Waals surface area (Å²) < 4.78 is 0. The number of halogens is 2. The second-order valence-corrected chi connectivity index (χ2v) is 5.63. The molecule has 0 aliphatic rings. The number of nitrogens with one attached hydrogen (secondary N) is 2. The molecular weight excluding hydrogens is 283 g/mol. The normalized spacial score (nSPS) is 12.6. The Hall–Kier alpha value is -0.710. The second-order valence-electron chi connectivity index (χ2n) is 4.82. The van der Waals surface area contributed by atoms with Gasteiger partial charge in [-0.25, -0.2) is 4.98 Å². The molecule has 0 bridgehead atoms. The van der Waals surface area contributed by atoms with Crippen LogP contribution < -0.4 is 10.6 Å². The summed E-state index contributed by atoms with van der Waals surface area (Å²) in [4.78, 5) is 6.58. The lowest BCUT2D eigenvalue weighted by Crippen LogP contribution is -2.23. The van der Waals surface area contributed by atoms with E-state index in [1.165, 1.54) is 0 Å². The zero-order valence-corrected chi connectivity index (χ0v) is 13.4. The fraction of sp³-hybridized carbons (Fsp3) is 0.615. The van der Waals surface area contributed by atoms with Crippen LogP contribution in [0.15, 0.2) is 6.07 Å². The molecule has 4 nitrogen and oxygen atoms in total. The van der Waals surface area contributed by atoms with Crippen molar-refractivity contribution in [1.82, 2.24) is 9.88 Å². The molecule has 1 heterocycles. The average Bonchev–Trinajstić information content (AvgIpc) is 2.33. The number of rotatable bonds is 7. The van der Waals surface area contributed by atoms with Gasteiger partial charge in [-0.1, -0.05) is 23.2 Å². The molecular formula is C13H22Cl2N4. The fourth-order valence-corrected chi connectivity index (χ4v) is 2.10. The van der Waals surface area contributed by atoms with Gasteiger partial charge in [0.25, 0.3) is 0 Å². The van der Waals surface area contributed by atoms with Gasteiger partial charge >= 0.3 is 0 Å². The minimum Gasteiger partial charge on any atom is -0.369 e. The van der Waals surface area contributed by atoms with E-state index < -0.39 is 0 Å². The molecule has 2 N–H and O–H groups in total. The van der Waals surface area contributed by atoms with Crippen molar-refractivity contribution < 1.29 is 0 Å². The van der Waals surface area contributed by atoms with E-state index in [0.717, 1.165) is 19.5 Å². The Morgan fingerprint density at radius 1 is 1.26 bits per heavy atom. The first-order chi connectivity index (χ1) is 8.93. The highest BCUT2D eigenvalue weighted by atomic mass is 35.5. The van der Waals surface area contributed by atoms with E-state index >= 15 is 0 Å². The highest BCUT2D eigenvalue weighted by Crippen LogP contribution is 2.29. The van der Waals surface area contributed by atoms with Crippen LogP contribution in [0.5, 0.6) is 0 Å². The zero-order chi connectivity index (χ0) is 14.4. The van der Waals surface area contributed by atoms with Crippen LogP contribution in [0.1, 0.15) is 20.3 Å². The third kappa shape index (κ3) is 5.43. The number of hydrogen-bond donors (Lipinski definition) is 2. The molecule has 0 amide bonds. The monoisotopic (exact) mass is 304 g/mol. The number of hydrogen-bond acceptors (Lipinski definition) is 4. The zero-order valence-electron chi connectivity index (χ0n) is 11.9. The summed E-state index contributed by atoms with van der Waals surface area (Å²) in [7, 11) is 4.12. The number of pyridine rings is 1. The maximum Gasteiger partial charge on any atom is 0.147 e. The predicted molar refractivity (Wildman–Crippen MR) is 84.7 cm³/mol. The molecule has 0 saturated heterocycles. The standard InChI is InChI=1S/C13H22Cl2N4/c1-5-16-12-10(14)8-11(15)13(18-12)17-9(2)6-7-19(3)4/h8-9H,5-7H2,1-4H3,(H2,16,17,18). The van der Waals surface area contributed by atoms with Crippen LogP contribution >= 0.6 is 23.2 Å². The number of aromatic nitrogens is 1. The van der Waals surface area contributed by atoms with Crippen LogP contribution in [-0.4, -0.2) is 43.1 Å². The molecule has 1 atom stereocenters. The maximum atomic E-state index is 6.16. The molecule has 0 aromatic carbocycles. The van der Waals surface area contributed by atoms with E-state index in [0.29, 0.717) is 27.7 Å². The van der Waals surface area contributed by atoms with Crippen molar-refractivity contribution in [2.45, 2.75) is 26.3 Å². The second kappa shape index (κ2) is 7.78. The number of anilines is 2. The summed E-state index contributed by atoms with van der Waals surface area (Å²) in [5, 5.41) is 7.53. The van der Waals surface area contributed by atoms with Gasteiger partial charge in [0.15, 0.2) is 0 Å². The smallest absolute Gasteiger partial charge is 0.147 e. The average molecular weight is 305 g/mol. The van der Waals surface area contributed by atoms with Gasteiger partial charge in [0, 0.05) is 12.6 Å². The van der Waals surface area contributed by atoms with Crippen LogP contribution in [0.25, 0.3) is 0 Å². The lowest BCUT2D eigenvalue weighted by Gasteiger charge is -2.19. The van der Waals surface area contributed by atoms with Gasteiger partial charge in [-0.2, -0.15) is 0 Å². The van der Waals surface area contributed by atoms with Crippen molar-refractivity contribution in [2.75, 3.05) is 37.8 Å². The van der Waals surface area contributed by atoms with E-state index in [4.69, 9.17) is 23.2 Å². The van der Waals surface area contributed by atoms with Gasteiger partial charge in [-0.3, -0.25) is 0 Å². The minimum absolute atomic E-state index is 0.294. The maximum absolute atomic E-state index is 6.16. The first-order valence-corrected chi connectivity index (χ1v) is 7.20. The Morgan fingerprint density at radius 3 is 2.47 bits per heavy atom. The van der Waals surface area contributed by atoms with Gasteiger partial charge in [-0.15, -0.1) is 0 Å². The molecule has 1 rings (SSSR count). The Morgan fingerprint density at radius 2 is 1.89 bits per heavy atom. The minimum atomic E-state index is 0.294. The lowest BCUT2D eigenvalue weighted by molar-refractivity contribution is 0.390. The molecule has 1 aromatic rings. The van der Waals surface area contributed by atoms with Gasteiger partial charge < -0.3 is 15.5 Å². The molecule has 19 heavy (non-hydrogen) atoms. The Labute approximate surface area is 125 Å². The summed E-state index contributed by atoms with van der Waals surface area (Å²) in [6, 6.07) is 2.01. The van der Waals surface area contributed by atoms with Crippen LogP contribution in [0, 0.1) is 0 Å². The van der Waals surface area contributed by atoms with Crippen molar-refractivity contribution in [3.05, 3.63) is 16.1 Å². The first kappa shape index (κ1) is 16.3. The van der Waals surface area contributed by atoms with E-state index in [1.54, 1.807) is 6.07 Å². The topological polar surface area (TPSA) is 40.2 Å². The van der Waals surface area contributed by atoms with Crippen molar-refractivity contribution in [3.8, 4) is 0 Å². The van der Waals surface area contributed by atoms with Gasteiger partial charge in [-0.05, 0) is 47.0 Å². The highest BCUT2D eigenvalue weighted by molar-refractivity contribution is 6.37. The first-order valence-electron chi connectivity index (χ1n) is 6.45. The van der Waals surface area contributed by atoms with Crippen LogP contribution in [0.4, 0.5) is 11.6 Å². The van der Waals surface area contributed by atoms with E-state index in [1.807, 2.05) is 6.92 Å². The Bertz CT molecular complexity index is 410. The molecule has 0 aliphatic heterocycles. The summed E-state index contributed by atoms with van der Waals surface area (Å²) in [5.41, 5.74) is 0. The van der Waals surface area contributed by atoms with Gasteiger partial charge in [0.2, 0.25) is 0 Å². The summed E-state index contributed by atoms with van der Waals surface area (Å²) in [5.74, 6) is 1.34. The highest BCUT2D eigenvalue weighted by Gasteiger charge is 2.11. The molecule has 0 radical (unpaired) electrons. The molecule has 1 aromatic heterocycles. The molecule has 0 fully saturated rings. The summed E-state index contributed by atoms with van der Waals surface area (Å²) in [6.07, 6.45) is 1.02. The quantitative estimate of drug-likeness (QED) is 0.808. The van der Waals surface area contributed by atoms with E-state index in [9.17, 15) is 0 Å². The van der Waals surface area contributed by atoms with E-state index in [-0.39, 0.29) is 0 Å². The van der Waals surface area contributed by atoms with Crippen LogP contribution in [-0.2, 0) is 0 Å².